The molecule has 0 fully saturated rings. The van der Waals surface area contributed by atoms with Crippen molar-refractivity contribution in [2.24, 2.45) is 0 Å². The Kier molecular flexibility index (Phi) is 4.63. The summed E-state index contributed by atoms with van der Waals surface area (Å²) in [7, 11) is 0. The molecule has 3 rings (SSSR count). The minimum atomic E-state index is 0.430. The fourth-order valence-electron chi connectivity index (χ4n) is 1.76. The van der Waals surface area contributed by atoms with Crippen LogP contribution in [0.3, 0.4) is 0 Å². The van der Waals surface area contributed by atoms with Crippen molar-refractivity contribution in [1.82, 2.24) is 10.4 Å². The van der Waals surface area contributed by atoms with E-state index in [1.807, 2.05) is 30.3 Å². The van der Waals surface area contributed by atoms with Crippen LogP contribution in [0.2, 0.25) is 10.0 Å². The maximum absolute atomic E-state index is 5.96. The predicted octanol–water partition coefficient (Wildman–Crippen LogP) is 4.92. The van der Waals surface area contributed by atoms with Gasteiger partial charge in [-0.15, -0.1) is 0 Å². The van der Waals surface area contributed by atoms with Crippen LogP contribution in [-0.4, -0.2) is 10.1 Å². The molecule has 8 heteroatoms. The van der Waals surface area contributed by atoms with Crippen LogP contribution >= 0.6 is 46.8 Å². The fraction of sp³-hybridized carbons (Fsp3) is 0. The van der Waals surface area contributed by atoms with Gasteiger partial charge in [0.1, 0.15) is 0 Å². The highest BCUT2D eigenvalue weighted by atomic mass is 35.5. The molecule has 1 aromatic heterocycles. The van der Waals surface area contributed by atoms with Crippen LogP contribution in [0.25, 0.3) is 10.2 Å². The Morgan fingerprint density at radius 2 is 1.77 bits per heavy atom. The summed E-state index contributed by atoms with van der Waals surface area (Å²) < 4.78 is 1.01. The van der Waals surface area contributed by atoms with E-state index in [2.05, 4.69) is 21.2 Å². The minimum Gasteiger partial charge on any atom is -0.331 e. The number of hydrogen-bond acceptors (Lipinski definition) is 4. The van der Waals surface area contributed by atoms with Crippen molar-refractivity contribution in [2.45, 2.75) is 0 Å². The molecule has 112 valence electrons. The number of thiazole rings is 1. The van der Waals surface area contributed by atoms with Crippen LogP contribution in [-0.2, 0) is 0 Å². The molecule has 0 unspecified atom stereocenters. The molecule has 0 saturated carbocycles. The zero-order chi connectivity index (χ0) is 15.5. The average molecular weight is 369 g/mol. The first-order valence-corrected chi connectivity index (χ1v) is 8.23. The molecule has 0 aliphatic carbocycles. The molecule has 0 aliphatic rings. The largest absolute Gasteiger partial charge is 0.331 e. The third kappa shape index (κ3) is 3.78. The lowest BCUT2D eigenvalue weighted by molar-refractivity contribution is 1.13. The lowest BCUT2D eigenvalue weighted by Gasteiger charge is -2.10. The topological polar surface area (TPSA) is 49.0 Å². The van der Waals surface area contributed by atoms with Crippen molar-refractivity contribution in [1.29, 1.82) is 0 Å². The van der Waals surface area contributed by atoms with Gasteiger partial charge in [0.2, 0.25) is 5.13 Å². The molecule has 0 bridgehead atoms. The molecule has 22 heavy (non-hydrogen) atoms. The van der Waals surface area contributed by atoms with Gasteiger partial charge in [-0.25, -0.2) is 4.98 Å². The summed E-state index contributed by atoms with van der Waals surface area (Å²) >= 11 is 18.5. The molecule has 0 spiro atoms. The number of rotatable bonds is 3. The van der Waals surface area contributed by atoms with Gasteiger partial charge >= 0.3 is 0 Å². The Hall–Kier alpha value is -1.60. The van der Waals surface area contributed by atoms with Crippen LogP contribution < -0.4 is 16.2 Å². The molecule has 0 saturated heterocycles. The number of fused-ring (bicyclic) bond motifs is 1. The van der Waals surface area contributed by atoms with Crippen molar-refractivity contribution in [3.05, 3.63) is 52.5 Å². The number of thiocarbonyl (C=S) groups is 1. The monoisotopic (exact) mass is 368 g/mol. The van der Waals surface area contributed by atoms with E-state index in [0.717, 1.165) is 15.9 Å². The van der Waals surface area contributed by atoms with Crippen LogP contribution in [0.1, 0.15) is 0 Å². The first-order valence-electron chi connectivity index (χ1n) is 6.25. The normalized spacial score (nSPS) is 10.5. The van der Waals surface area contributed by atoms with Gasteiger partial charge in [-0.3, -0.25) is 10.9 Å². The summed E-state index contributed by atoms with van der Waals surface area (Å²) in [6, 6.07) is 12.8. The third-order valence-electron chi connectivity index (χ3n) is 2.74. The van der Waals surface area contributed by atoms with E-state index in [-0.39, 0.29) is 0 Å². The summed E-state index contributed by atoms with van der Waals surface area (Å²) in [5, 5.41) is 5.54. The van der Waals surface area contributed by atoms with Crippen molar-refractivity contribution in [3.8, 4) is 0 Å². The van der Waals surface area contributed by atoms with Crippen LogP contribution in [0.4, 0.5) is 10.8 Å². The van der Waals surface area contributed by atoms with E-state index < -0.39 is 0 Å². The third-order valence-corrected chi connectivity index (χ3v) is 4.36. The number of hydrazine groups is 1. The highest BCUT2D eigenvalue weighted by molar-refractivity contribution is 7.80. The average Bonchev–Trinajstić information content (AvgIpc) is 2.89. The number of nitrogens with one attached hydrogen (secondary N) is 3. The minimum absolute atomic E-state index is 0.430. The predicted molar refractivity (Wildman–Crippen MR) is 99.1 cm³/mol. The Morgan fingerprint density at radius 1 is 1.05 bits per heavy atom. The zero-order valence-electron chi connectivity index (χ0n) is 11.1. The molecule has 3 N–H and O–H groups in total. The lowest BCUT2D eigenvalue weighted by Crippen LogP contribution is -2.33. The van der Waals surface area contributed by atoms with Gasteiger partial charge in [0.25, 0.3) is 0 Å². The molecule has 1 heterocycles. The van der Waals surface area contributed by atoms with Crippen molar-refractivity contribution in [3.63, 3.8) is 0 Å². The number of benzene rings is 2. The Labute approximate surface area is 146 Å². The first-order chi connectivity index (χ1) is 10.6. The molecule has 0 amide bonds. The highest BCUT2D eigenvalue weighted by Gasteiger charge is 2.04. The SMILES string of the molecule is S=C(NNc1nc2ccc(Cl)cc2s1)Nc1ccc(Cl)cc1. The van der Waals surface area contributed by atoms with E-state index in [1.54, 1.807) is 12.1 Å². The number of hydrogen-bond donors (Lipinski definition) is 3. The van der Waals surface area contributed by atoms with E-state index in [4.69, 9.17) is 35.4 Å². The van der Waals surface area contributed by atoms with Crippen LogP contribution in [0.5, 0.6) is 0 Å². The molecule has 0 radical (unpaired) electrons. The molecule has 2 aromatic carbocycles. The smallest absolute Gasteiger partial charge is 0.202 e. The van der Waals surface area contributed by atoms with E-state index in [0.29, 0.717) is 20.3 Å². The highest BCUT2D eigenvalue weighted by Crippen LogP contribution is 2.27. The molecular formula is C14H10Cl2N4S2. The Bertz CT molecular complexity index is 817. The van der Waals surface area contributed by atoms with Gasteiger partial charge in [-0.2, -0.15) is 0 Å². The molecule has 4 nitrogen and oxygen atoms in total. The van der Waals surface area contributed by atoms with Gasteiger partial charge in [0, 0.05) is 15.7 Å². The Morgan fingerprint density at radius 3 is 2.55 bits per heavy atom. The van der Waals surface area contributed by atoms with Gasteiger partial charge in [-0.1, -0.05) is 34.5 Å². The number of nitrogens with zero attached hydrogens (tertiary/aromatic N) is 1. The van der Waals surface area contributed by atoms with Gasteiger partial charge in [-0.05, 0) is 54.7 Å². The molecule has 3 aromatic rings. The summed E-state index contributed by atoms with van der Waals surface area (Å²) in [5.74, 6) is 0. The first kappa shape index (κ1) is 15.3. The second kappa shape index (κ2) is 6.66. The summed E-state index contributed by atoms with van der Waals surface area (Å²) in [5.41, 5.74) is 7.59. The van der Waals surface area contributed by atoms with Crippen molar-refractivity contribution in [2.75, 3.05) is 10.7 Å². The maximum Gasteiger partial charge on any atom is 0.202 e. The standard InChI is InChI=1S/C14H10Cl2N4S2/c15-8-1-4-10(5-2-8)17-13(21)19-20-14-18-11-6-3-9(16)7-12(11)22-14/h1-7H,(H,18,20)(H2,17,19,21). The Balaban J connectivity index is 1.61. The maximum atomic E-state index is 5.96. The summed E-state index contributed by atoms with van der Waals surface area (Å²) in [4.78, 5) is 4.43. The molecular weight excluding hydrogens is 359 g/mol. The van der Waals surface area contributed by atoms with E-state index in [9.17, 15) is 0 Å². The van der Waals surface area contributed by atoms with Crippen LogP contribution in [0, 0.1) is 0 Å². The number of halogens is 2. The summed E-state index contributed by atoms with van der Waals surface area (Å²) in [6.45, 7) is 0. The second-order valence-corrected chi connectivity index (χ2v) is 6.65. The lowest BCUT2D eigenvalue weighted by atomic mass is 10.3. The van der Waals surface area contributed by atoms with Crippen molar-refractivity contribution < 1.29 is 0 Å². The van der Waals surface area contributed by atoms with E-state index in [1.165, 1.54) is 11.3 Å². The van der Waals surface area contributed by atoms with Gasteiger partial charge in [0.05, 0.1) is 10.2 Å². The van der Waals surface area contributed by atoms with E-state index >= 15 is 0 Å². The van der Waals surface area contributed by atoms with Gasteiger partial charge < -0.3 is 5.32 Å². The fourth-order valence-corrected chi connectivity index (χ4v) is 3.15. The zero-order valence-corrected chi connectivity index (χ0v) is 14.2. The van der Waals surface area contributed by atoms with Crippen molar-refractivity contribution >= 4 is 72.9 Å². The molecule has 0 atom stereocenters. The number of aromatic nitrogens is 1. The quantitative estimate of drug-likeness (QED) is 0.452. The second-order valence-electron chi connectivity index (χ2n) is 4.34. The summed E-state index contributed by atoms with van der Waals surface area (Å²) in [6.07, 6.45) is 0. The van der Waals surface area contributed by atoms with Gasteiger partial charge in [0.15, 0.2) is 5.11 Å². The molecule has 0 aliphatic heterocycles. The van der Waals surface area contributed by atoms with Crippen LogP contribution in [0.15, 0.2) is 42.5 Å². The number of anilines is 2.